The van der Waals surface area contributed by atoms with Gasteiger partial charge in [-0.2, -0.15) is 0 Å². The summed E-state index contributed by atoms with van der Waals surface area (Å²) in [7, 11) is 0. The molecule has 0 amide bonds. The molecule has 0 N–H and O–H groups in total. The molecule has 0 radical (unpaired) electrons. The first kappa shape index (κ1) is 13.1. The van der Waals surface area contributed by atoms with Crippen molar-refractivity contribution < 1.29 is 4.79 Å². The van der Waals surface area contributed by atoms with Gasteiger partial charge in [-0.15, -0.1) is 0 Å². The first-order valence-corrected chi connectivity index (χ1v) is 6.26. The molecule has 0 spiro atoms. The van der Waals surface area contributed by atoms with Crippen LogP contribution in [-0.2, 0) is 11.2 Å². The van der Waals surface area contributed by atoms with Crippen LogP contribution in [0, 0.1) is 0 Å². The van der Waals surface area contributed by atoms with Crippen molar-refractivity contribution >= 4 is 28.4 Å². The maximum absolute atomic E-state index is 11.6. The second kappa shape index (κ2) is 5.98. The van der Waals surface area contributed by atoms with E-state index in [-0.39, 0.29) is 0 Å². The number of hydrogen-bond acceptors (Lipinski definition) is 2. The molecule has 0 saturated heterocycles. The molecule has 92 valence electrons. The van der Waals surface area contributed by atoms with E-state index in [9.17, 15) is 4.79 Å². The van der Waals surface area contributed by atoms with Crippen LogP contribution in [0.15, 0.2) is 48.8 Å². The molecule has 1 atom stereocenters. The average molecular weight is 280 g/mol. The van der Waals surface area contributed by atoms with Crippen molar-refractivity contribution in [3.8, 4) is 0 Å². The van der Waals surface area contributed by atoms with E-state index in [0.717, 1.165) is 11.1 Å². The first-order chi connectivity index (χ1) is 8.68. The Kier molecular flexibility index (Phi) is 4.34. The molecule has 0 aliphatic heterocycles. The number of benzene rings is 1. The summed E-state index contributed by atoms with van der Waals surface area (Å²) in [6.07, 6.45) is 3.92. The third kappa shape index (κ3) is 3.09. The minimum atomic E-state index is -0.440. The molecule has 18 heavy (non-hydrogen) atoms. The number of carbonyl (C=O) groups excluding carboxylic acids is 1. The monoisotopic (exact) mass is 279 g/mol. The molecule has 0 bridgehead atoms. The molecule has 2 nitrogen and oxygen atoms in total. The van der Waals surface area contributed by atoms with Crippen LogP contribution in [0.1, 0.15) is 17.0 Å². The molecule has 0 fully saturated rings. The van der Waals surface area contributed by atoms with Crippen LogP contribution >= 0.6 is 23.2 Å². The topological polar surface area (TPSA) is 30.0 Å². The number of nitrogens with zero attached hydrogens (tertiary/aromatic N) is 1. The van der Waals surface area contributed by atoms with Gasteiger partial charge in [-0.05, 0) is 41.3 Å². The minimum absolute atomic E-state index is 0.410. The number of carbonyl (C=O) groups is 1. The second-order valence-electron chi connectivity index (χ2n) is 3.94. The van der Waals surface area contributed by atoms with Crippen molar-refractivity contribution in [3.05, 3.63) is 64.9 Å². The van der Waals surface area contributed by atoms with Crippen molar-refractivity contribution in [2.45, 2.75) is 12.3 Å². The van der Waals surface area contributed by atoms with Gasteiger partial charge in [-0.25, -0.2) is 0 Å². The fraction of sp³-hybridized carbons (Fsp3) is 0.143. The van der Waals surface area contributed by atoms with Gasteiger partial charge in [0.05, 0.1) is 5.92 Å². The molecular weight excluding hydrogens is 269 g/mol. The van der Waals surface area contributed by atoms with Gasteiger partial charge in [0.25, 0.3) is 0 Å². The molecule has 0 aliphatic rings. The van der Waals surface area contributed by atoms with Crippen LogP contribution in [0.25, 0.3) is 0 Å². The Morgan fingerprint density at radius 3 is 2.61 bits per heavy atom. The molecule has 4 heteroatoms. The normalized spacial score (nSPS) is 12.1. The number of pyridine rings is 1. The fourth-order valence-corrected chi connectivity index (χ4v) is 2.29. The largest absolute Gasteiger partial charge is 0.281 e. The molecular formula is C14H11Cl2NO. The van der Waals surface area contributed by atoms with Crippen LogP contribution in [0.2, 0.25) is 5.02 Å². The second-order valence-corrected chi connectivity index (χ2v) is 4.72. The standard InChI is InChI=1S/C14H11Cl2NO/c15-13-6-2-1-5-11(13)12(14(16)18)8-10-4-3-7-17-9-10/h1-7,9,12H,8H2. The summed E-state index contributed by atoms with van der Waals surface area (Å²) in [6.45, 7) is 0. The maximum atomic E-state index is 11.6. The Hall–Kier alpha value is -1.38. The van der Waals surface area contributed by atoms with Gasteiger partial charge < -0.3 is 0 Å². The third-order valence-electron chi connectivity index (χ3n) is 2.72. The van der Waals surface area contributed by atoms with Gasteiger partial charge in [0.2, 0.25) is 5.24 Å². The Bertz CT molecular complexity index is 543. The molecule has 2 aromatic rings. The van der Waals surface area contributed by atoms with Crippen LogP contribution in [0.4, 0.5) is 0 Å². The van der Waals surface area contributed by atoms with E-state index in [1.165, 1.54) is 0 Å². The van der Waals surface area contributed by atoms with Crippen LogP contribution < -0.4 is 0 Å². The fourth-order valence-electron chi connectivity index (χ4n) is 1.82. The maximum Gasteiger partial charge on any atom is 0.229 e. The van der Waals surface area contributed by atoms with Gasteiger partial charge in [0.1, 0.15) is 0 Å². The Morgan fingerprint density at radius 2 is 2.00 bits per heavy atom. The highest BCUT2D eigenvalue weighted by Gasteiger charge is 2.21. The number of halogens is 2. The number of hydrogen-bond donors (Lipinski definition) is 0. The summed E-state index contributed by atoms with van der Waals surface area (Å²) in [5.74, 6) is -0.440. The van der Waals surface area contributed by atoms with E-state index in [4.69, 9.17) is 23.2 Å². The summed E-state index contributed by atoms with van der Waals surface area (Å²) >= 11 is 11.8. The third-order valence-corrected chi connectivity index (χ3v) is 3.32. The lowest BCUT2D eigenvalue weighted by atomic mass is 9.94. The molecule has 0 aliphatic carbocycles. The molecule has 1 unspecified atom stereocenters. The van der Waals surface area contributed by atoms with Crippen molar-refractivity contribution in [3.63, 3.8) is 0 Å². The summed E-state index contributed by atoms with van der Waals surface area (Å²) in [6, 6.07) is 11.0. The summed E-state index contributed by atoms with van der Waals surface area (Å²) in [5.41, 5.74) is 1.71. The van der Waals surface area contributed by atoms with E-state index >= 15 is 0 Å². The predicted molar refractivity (Wildman–Crippen MR) is 73.0 cm³/mol. The minimum Gasteiger partial charge on any atom is -0.281 e. The van der Waals surface area contributed by atoms with E-state index in [0.29, 0.717) is 11.4 Å². The Labute approximate surface area is 116 Å². The van der Waals surface area contributed by atoms with Crippen molar-refractivity contribution in [1.29, 1.82) is 0 Å². The quantitative estimate of drug-likeness (QED) is 0.797. The molecule has 1 aromatic carbocycles. The summed E-state index contributed by atoms with van der Waals surface area (Å²) in [5, 5.41) is 0.146. The molecule has 2 rings (SSSR count). The lowest BCUT2D eigenvalue weighted by Gasteiger charge is -2.14. The van der Waals surface area contributed by atoms with Crippen molar-refractivity contribution in [2.75, 3.05) is 0 Å². The van der Waals surface area contributed by atoms with Gasteiger partial charge in [-0.3, -0.25) is 9.78 Å². The van der Waals surface area contributed by atoms with Crippen LogP contribution in [-0.4, -0.2) is 10.2 Å². The zero-order valence-electron chi connectivity index (χ0n) is 9.51. The van der Waals surface area contributed by atoms with E-state index in [2.05, 4.69) is 4.98 Å². The van der Waals surface area contributed by atoms with Crippen molar-refractivity contribution in [2.24, 2.45) is 0 Å². The predicted octanol–water partition coefficient (Wildman–Crippen LogP) is 3.83. The zero-order valence-corrected chi connectivity index (χ0v) is 11.0. The summed E-state index contributed by atoms with van der Waals surface area (Å²) in [4.78, 5) is 15.6. The van der Waals surface area contributed by atoms with Gasteiger partial charge in [-0.1, -0.05) is 35.9 Å². The van der Waals surface area contributed by atoms with Crippen molar-refractivity contribution in [1.82, 2.24) is 4.98 Å². The molecule has 1 heterocycles. The highest BCUT2D eigenvalue weighted by Crippen LogP contribution is 2.29. The lowest BCUT2D eigenvalue weighted by Crippen LogP contribution is -2.11. The lowest BCUT2D eigenvalue weighted by molar-refractivity contribution is -0.113. The van der Waals surface area contributed by atoms with Gasteiger partial charge in [0, 0.05) is 17.4 Å². The zero-order chi connectivity index (χ0) is 13.0. The molecule has 0 saturated carbocycles. The average Bonchev–Trinajstić information content (AvgIpc) is 2.38. The summed E-state index contributed by atoms with van der Waals surface area (Å²) < 4.78 is 0. The number of rotatable bonds is 4. The van der Waals surface area contributed by atoms with Gasteiger partial charge in [0.15, 0.2) is 0 Å². The Morgan fingerprint density at radius 1 is 1.22 bits per heavy atom. The van der Waals surface area contributed by atoms with E-state index in [1.54, 1.807) is 18.5 Å². The highest BCUT2D eigenvalue weighted by molar-refractivity contribution is 6.64. The van der Waals surface area contributed by atoms with E-state index < -0.39 is 11.2 Å². The SMILES string of the molecule is O=C(Cl)C(Cc1cccnc1)c1ccccc1Cl. The van der Waals surface area contributed by atoms with E-state index in [1.807, 2.05) is 30.3 Å². The van der Waals surface area contributed by atoms with Gasteiger partial charge >= 0.3 is 0 Å². The Balaban J connectivity index is 2.30. The highest BCUT2D eigenvalue weighted by atomic mass is 35.5. The molecule has 1 aromatic heterocycles. The number of aromatic nitrogens is 1. The van der Waals surface area contributed by atoms with Crippen LogP contribution in [0.3, 0.4) is 0 Å². The first-order valence-electron chi connectivity index (χ1n) is 5.51. The van der Waals surface area contributed by atoms with Crippen LogP contribution in [0.5, 0.6) is 0 Å². The smallest absolute Gasteiger partial charge is 0.229 e.